The van der Waals surface area contributed by atoms with Crippen molar-refractivity contribution in [2.75, 3.05) is 6.26 Å². The number of rotatable bonds is 17. The second-order valence-electron chi connectivity index (χ2n) is 8.64. The molecule has 0 aliphatic heterocycles. The number of halogens is 3. The van der Waals surface area contributed by atoms with Gasteiger partial charge in [-0.2, -0.15) is 13.2 Å². The lowest BCUT2D eigenvalue weighted by atomic mass is 10.0. The van der Waals surface area contributed by atoms with E-state index in [4.69, 9.17) is 0 Å². The summed E-state index contributed by atoms with van der Waals surface area (Å²) >= 11 is 0. The van der Waals surface area contributed by atoms with Gasteiger partial charge in [0.15, 0.2) is 10.0 Å². The maximum Gasteiger partial charge on any atom is 0.480 e. The van der Waals surface area contributed by atoms with Crippen molar-refractivity contribution < 1.29 is 34.6 Å². The maximum atomic E-state index is 11.4. The molecule has 7 nitrogen and oxygen atoms in total. The Balaban J connectivity index is 0.000000770. The molecule has 0 radical (unpaired) electrons. The van der Waals surface area contributed by atoms with Gasteiger partial charge in [-0.05, 0) is 12.8 Å². The SMILES string of the molecule is CCCCCCCCCCCCCCCCn1cc[n+](C)c1.CS(=O)(=O)[N-]S(=O)(=O)C(F)(F)F. The van der Waals surface area contributed by atoms with Crippen LogP contribution < -0.4 is 4.57 Å². The van der Waals surface area contributed by atoms with E-state index in [1.165, 1.54) is 96.4 Å². The molecule has 0 spiro atoms. The van der Waals surface area contributed by atoms with Gasteiger partial charge in [-0.15, -0.1) is 0 Å². The third-order valence-electron chi connectivity index (χ3n) is 5.12. The van der Waals surface area contributed by atoms with Crippen molar-refractivity contribution in [3.05, 3.63) is 22.8 Å². The van der Waals surface area contributed by atoms with E-state index in [-0.39, 0.29) is 6.26 Å². The molecule has 1 aromatic heterocycles. The van der Waals surface area contributed by atoms with Gasteiger partial charge in [0.2, 0.25) is 6.33 Å². The van der Waals surface area contributed by atoms with Crippen LogP contribution in [0.25, 0.3) is 4.13 Å². The summed E-state index contributed by atoms with van der Waals surface area (Å²) in [5.41, 5.74) is -5.67. The quantitative estimate of drug-likeness (QED) is 0.182. The van der Waals surface area contributed by atoms with E-state index < -0.39 is 25.6 Å². The Morgan fingerprint density at radius 2 is 1.21 bits per heavy atom. The van der Waals surface area contributed by atoms with Crippen LogP contribution in [-0.4, -0.2) is 33.2 Å². The molecule has 0 saturated carbocycles. The Morgan fingerprint density at radius 1 is 0.794 bits per heavy atom. The van der Waals surface area contributed by atoms with Crippen molar-refractivity contribution >= 4 is 20.0 Å². The van der Waals surface area contributed by atoms with Gasteiger partial charge in [-0.1, -0.05) is 84.0 Å². The lowest BCUT2D eigenvalue weighted by Gasteiger charge is -2.19. The minimum absolute atomic E-state index is 0.246. The molecule has 1 aromatic rings. The third-order valence-corrected chi connectivity index (χ3v) is 7.57. The minimum Gasteiger partial charge on any atom is -0.429 e. The van der Waals surface area contributed by atoms with Crippen LogP contribution in [0.15, 0.2) is 18.7 Å². The zero-order chi connectivity index (χ0) is 26.1. The summed E-state index contributed by atoms with van der Waals surface area (Å²) in [6, 6.07) is 0. The number of sulfonamides is 2. The van der Waals surface area contributed by atoms with Gasteiger partial charge in [-0.25, -0.2) is 26.0 Å². The Kier molecular flexibility index (Phi) is 16.7. The number of alkyl halides is 3. The van der Waals surface area contributed by atoms with Crippen molar-refractivity contribution in [2.45, 2.75) is 109 Å². The first-order valence-corrected chi connectivity index (χ1v) is 15.3. The average molecular weight is 534 g/mol. The first-order valence-electron chi connectivity index (χ1n) is 12.0. The average Bonchev–Trinajstić information content (AvgIpc) is 3.11. The monoisotopic (exact) mass is 533 g/mol. The molecule has 1 rings (SSSR count). The summed E-state index contributed by atoms with van der Waals surface area (Å²) in [5, 5.41) is 0. The molecular weight excluding hydrogens is 491 g/mol. The summed E-state index contributed by atoms with van der Waals surface area (Å²) in [4.78, 5) is 0. The second kappa shape index (κ2) is 17.3. The first kappa shape index (κ1) is 32.9. The number of aryl methyl sites for hydroxylation is 2. The normalized spacial score (nSPS) is 12.4. The topological polar surface area (TPSA) is 91.2 Å². The van der Waals surface area contributed by atoms with Crippen LogP contribution >= 0.6 is 0 Å². The molecule has 0 fully saturated rings. The number of hydrogen-bond donors (Lipinski definition) is 0. The van der Waals surface area contributed by atoms with Crippen molar-refractivity contribution in [3.63, 3.8) is 0 Å². The Labute approximate surface area is 204 Å². The molecule has 34 heavy (non-hydrogen) atoms. The number of hydrogen-bond acceptors (Lipinski definition) is 4. The molecule has 0 saturated heterocycles. The summed E-state index contributed by atoms with van der Waals surface area (Å²) in [6.07, 6.45) is 26.8. The molecule has 0 N–H and O–H groups in total. The highest BCUT2D eigenvalue weighted by Crippen LogP contribution is 2.29. The van der Waals surface area contributed by atoms with E-state index in [9.17, 15) is 30.0 Å². The third kappa shape index (κ3) is 18.2. The Bertz CT molecular complexity index is 855. The van der Waals surface area contributed by atoms with Crippen LogP contribution in [0.3, 0.4) is 0 Å². The summed E-state index contributed by atoms with van der Waals surface area (Å²) in [5.74, 6) is 0. The Morgan fingerprint density at radius 3 is 1.50 bits per heavy atom. The lowest BCUT2D eigenvalue weighted by Crippen LogP contribution is -2.23. The molecule has 0 unspecified atom stereocenters. The minimum atomic E-state index is -5.92. The fraction of sp³-hybridized carbons (Fsp3) is 0.864. The van der Waals surface area contributed by atoms with Gasteiger partial charge < -0.3 is 4.13 Å². The van der Waals surface area contributed by atoms with E-state index in [0.717, 1.165) is 0 Å². The molecule has 0 atom stereocenters. The molecular formula is C22H42F3N3O4S2. The van der Waals surface area contributed by atoms with Crippen LogP contribution in [0.2, 0.25) is 0 Å². The van der Waals surface area contributed by atoms with E-state index in [1.807, 2.05) is 0 Å². The van der Waals surface area contributed by atoms with Gasteiger partial charge >= 0.3 is 5.51 Å². The lowest BCUT2D eigenvalue weighted by molar-refractivity contribution is -0.671. The zero-order valence-electron chi connectivity index (χ0n) is 20.8. The van der Waals surface area contributed by atoms with E-state index in [0.29, 0.717) is 0 Å². The molecule has 202 valence electrons. The predicted octanol–water partition coefficient (Wildman–Crippen LogP) is 5.96. The van der Waals surface area contributed by atoms with Gasteiger partial charge in [0, 0.05) is 6.26 Å². The van der Waals surface area contributed by atoms with Crippen molar-refractivity contribution in [1.82, 2.24) is 4.57 Å². The van der Waals surface area contributed by atoms with Crippen LogP contribution in [0.5, 0.6) is 0 Å². The Hall–Kier alpha value is -1.14. The number of aromatic nitrogens is 2. The highest BCUT2D eigenvalue weighted by Gasteiger charge is 2.39. The molecule has 0 aromatic carbocycles. The molecule has 0 bridgehead atoms. The highest BCUT2D eigenvalue weighted by atomic mass is 32.3. The summed E-state index contributed by atoms with van der Waals surface area (Å²) in [6.45, 7) is 3.47. The van der Waals surface area contributed by atoms with Gasteiger partial charge in [-0.3, -0.25) is 0 Å². The predicted molar refractivity (Wildman–Crippen MR) is 129 cm³/mol. The molecule has 1 heterocycles. The standard InChI is InChI=1S/C20H39N2.C2H3F3NO4S2/c1-3-4-5-6-7-8-9-10-11-12-13-14-15-16-17-22-19-18-21(2)20-22;1-11(7,8)6-12(9,10)2(3,4)5/h18-20H,3-17H2,1-2H3;1H3/q+1;-1. The van der Waals surface area contributed by atoms with Crippen molar-refractivity contribution in [3.8, 4) is 0 Å². The second-order valence-corrected chi connectivity index (χ2v) is 12.1. The fourth-order valence-electron chi connectivity index (χ4n) is 3.34. The number of imidazole rings is 1. The smallest absolute Gasteiger partial charge is 0.429 e. The zero-order valence-corrected chi connectivity index (χ0v) is 22.4. The van der Waals surface area contributed by atoms with Gasteiger partial charge in [0.25, 0.3) is 0 Å². The van der Waals surface area contributed by atoms with E-state index in [1.54, 1.807) is 4.13 Å². The molecule has 0 amide bonds. The van der Waals surface area contributed by atoms with E-state index in [2.05, 4.69) is 41.8 Å². The fourth-order valence-corrected chi connectivity index (χ4v) is 5.11. The number of nitrogens with zero attached hydrogens (tertiary/aromatic N) is 3. The van der Waals surface area contributed by atoms with Crippen molar-refractivity contribution in [1.29, 1.82) is 0 Å². The van der Waals surface area contributed by atoms with E-state index >= 15 is 0 Å². The van der Waals surface area contributed by atoms with Crippen LogP contribution in [0.4, 0.5) is 13.2 Å². The summed E-state index contributed by atoms with van der Waals surface area (Å²) < 4.78 is 80.4. The number of unbranched alkanes of at least 4 members (excludes halogenated alkanes) is 13. The first-order chi connectivity index (χ1) is 15.8. The van der Waals surface area contributed by atoms with Crippen molar-refractivity contribution in [2.24, 2.45) is 7.05 Å². The largest absolute Gasteiger partial charge is 0.480 e. The van der Waals surface area contributed by atoms with Crippen LogP contribution in [-0.2, 0) is 33.6 Å². The molecule has 12 heteroatoms. The summed E-state index contributed by atoms with van der Waals surface area (Å²) in [7, 11) is -8.38. The molecule has 0 aliphatic carbocycles. The highest BCUT2D eigenvalue weighted by molar-refractivity contribution is 8.12. The van der Waals surface area contributed by atoms with Gasteiger partial charge in [0.1, 0.15) is 12.4 Å². The maximum absolute atomic E-state index is 11.4. The van der Waals surface area contributed by atoms with Crippen LogP contribution in [0, 0.1) is 0 Å². The van der Waals surface area contributed by atoms with Gasteiger partial charge in [0.05, 0.1) is 23.6 Å². The van der Waals surface area contributed by atoms with Crippen LogP contribution in [0.1, 0.15) is 96.8 Å². The molecule has 0 aliphatic rings.